The van der Waals surface area contributed by atoms with Crippen LogP contribution in [0, 0.1) is 11.6 Å². The lowest BCUT2D eigenvalue weighted by atomic mass is 10.3. The van der Waals surface area contributed by atoms with Crippen LogP contribution in [-0.4, -0.2) is 26.4 Å². The zero-order valence-corrected chi connectivity index (χ0v) is 12.4. The van der Waals surface area contributed by atoms with Crippen LogP contribution in [0.2, 0.25) is 0 Å². The Labute approximate surface area is 124 Å². The summed E-state index contributed by atoms with van der Waals surface area (Å²) < 4.78 is 28.9. The Hall–Kier alpha value is -1.89. The number of aliphatic carboxylic acids is 1. The Morgan fingerprint density at radius 1 is 1.43 bits per heavy atom. The maximum atomic E-state index is 14.0. The summed E-state index contributed by atoms with van der Waals surface area (Å²) in [6.07, 6.45) is 1.84. The number of carboxylic acids is 1. The Morgan fingerprint density at radius 3 is 2.76 bits per heavy atom. The van der Waals surface area contributed by atoms with Gasteiger partial charge in [0.2, 0.25) is 0 Å². The van der Waals surface area contributed by atoms with Gasteiger partial charge in [-0.15, -0.1) is 0 Å². The van der Waals surface area contributed by atoms with Crippen molar-refractivity contribution >= 4 is 28.8 Å². The molecule has 7 heteroatoms. The Balaban J connectivity index is 2.55. The maximum Gasteiger partial charge on any atom is 0.313 e. The Morgan fingerprint density at radius 2 is 2.14 bits per heavy atom. The van der Waals surface area contributed by atoms with Gasteiger partial charge in [-0.25, -0.2) is 13.8 Å². The molecule has 0 saturated heterocycles. The zero-order chi connectivity index (χ0) is 15.6. The van der Waals surface area contributed by atoms with Crippen LogP contribution in [-0.2, 0) is 11.3 Å². The molecule has 1 aromatic carbocycles. The minimum absolute atomic E-state index is 0.0559. The van der Waals surface area contributed by atoms with E-state index in [9.17, 15) is 13.6 Å². The SMILES string of the molecule is CC(C)=CCn1c(SCC(=O)O)nc2ccc(F)c(F)c21. The van der Waals surface area contributed by atoms with Gasteiger partial charge in [0.25, 0.3) is 0 Å². The van der Waals surface area contributed by atoms with Crippen molar-refractivity contribution in [3.05, 3.63) is 35.4 Å². The van der Waals surface area contributed by atoms with E-state index < -0.39 is 17.6 Å². The highest BCUT2D eigenvalue weighted by Crippen LogP contribution is 2.27. The van der Waals surface area contributed by atoms with Crippen LogP contribution in [0.25, 0.3) is 11.0 Å². The average Bonchev–Trinajstić information content (AvgIpc) is 2.76. The molecule has 0 radical (unpaired) electrons. The first kappa shape index (κ1) is 15.5. The largest absolute Gasteiger partial charge is 0.481 e. The molecule has 21 heavy (non-hydrogen) atoms. The average molecular weight is 312 g/mol. The number of fused-ring (bicyclic) bond motifs is 1. The molecule has 0 atom stereocenters. The summed E-state index contributed by atoms with van der Waals surface area (Å²) in [5.74, 6) is -3.10. The third kappa shape index (κ3) is 3.41. The zero-order valence-electron chi connectivity index (χ0n) is 11.6. The van der Waals surface area contributed by atoms with Crippen molar-refractivity contribution in [2.24, 2.45) is 0 Å². The van der Waals surface area contributed by atoms with Gasteiger partial charge in [-0.1, -0.05) is 23.4 Å². The summed E-state index contributed by atoms with van der Waals surface area (Å²) in [4.78, 5) is 14.9. The van der Waals surface area contributed by atoms with Gasteiger partial charge in [0.15, 0.2) is 16.8 Å². The van der Waals surface area contributed by atoms with Gasteiger partial charge < -0.3 is 9.67 Å². The van der Waals surface area contributed by atoms with Crippen molar-refractivity contribution in [2.45, 2.75) is 25.5 Å². The molecule has 0 aliphatic heterocycles. The van der Waals surface area contributed by atoms with Crippen LogP contribution in [0.4, 0.5) is 8.78 Å². The van der Waals surface area contributed by atoms with Gasteiger partial charge in [0, 0.05) is 6.54 Å². The van der Waals surface area contributed by atoms with Gasteiger partial charge in [-0.3, -0.25) is 4.79 Å². The number of aromatic nitrogens is 2. The summed E-state index contributed by atoms with van der Waals surface area (Å²) in [7, 11) is 0. The van der Waals surface area contributed by atoms with Crippen LogP contribution < -0.4 is 0 Å². The van der Waals surface area contributed by atoms with Crippen LogP contribution in [0.3, 0.4) is 0 Å². The molecule has 1 aromatic heterocycles. The summed E-state index contributed by atoms with van der Waals surface area (Å²) >= 11 is 0.981. The minimum atomic E-state index is -0.993. The first-order valence-electron chi connectivity index (χ1n) is 6.22. The fourth-order valence-electron chi connectivity index (χ4n) is 1.82. The molecule has 0 spiro atoms. The summed E-state index contributed by atoms with van der Waals surface area (Å²) in [6.45, 7) is 4.08. The number of carboxylic acid groups (broad SMARTS) is 1. The van der Waals surface area contributed by atoms with Crippen molar-refractivity contribution in [1.82, 2.24) is 9.55 Å². The third-order valence-corrected chi connectivity index (χ3v) is 3.73. The van der Waals surface area contributed by atoms with Gasteiger partial charge in [0.05, 0.1) is 11.3 Å². The molecule has 2 aromatic rings. The summed E-state index contributed by atoms with van der Waals surface area (Å²) in [6, 6.07) is 2.40. The van der Waals surface area contributed by atoms with Gasteiger partial charge in [-0.05, 0) is 26.0 Å². The predicted octanol–water partition coefficient (Wildman–Crippen LogP) is 3.46. The number of hydrogen-bond acceptors (Lipinski definition) is 3. The third-order valence-electron chi connectivity index (χ3n) is 2.77. The number of rotatable bonds is 5. The van der Waals surface area contributed by atoms with Crippen LogP contribution in [0.5, 0.6) is 0 Å². The normalized spacial score (nSPS) is 10.9. The van der Waals surface area contributed by atoms with Crippen molar-refractivity contribution < 1.29 is 18.7 Å². The standard InChI is InChI=1S/C14H14F2N2O2S/c1-8(2)5-6-18-13-10(4-3-9(15)12(13)16)17-14(18)21-7-11(19)20/h3-5H,6-7H2,1-2H3,(H,19,20). The topological polar surface area (TPSA) is 55.1 Å². The van der Waals surface area contributed by atoms with E-state index >= 15 is 0 Å². The maximum absolute atomic E-state index is 14.0. The molecule has 1 N–H and O–H groups in total. The summed E-state index contributed by atoms with van der Waals surface area (Å²) in [5, 5.41) is 9.11. The lowest BCUT2D eigenvalue weighted by molar-refractivity contribution is -0.133. The highest BCUT2D eigenvalue weighted by atomic mass is 32.2. The predicted molar refractivity (Wildman–Crippen MR) is 77.4 cm³/mol. The molecular weight excluding hydrogens is 298 g/mol. The second-order valence-corrected chi connectivity index (χ2v) is 5.64. The molecule has 2 rings (SSSR count). The van der Waals surface area contributed by atoms with E-state index in [1.807, 2.05) is 19.9 Å². The van der Waals surface area contributed by atoms with Gasteiger partial charge >= 0.3 is 5.97 Å². The van der Waals surface area contributed by atoms with E-state index in [2.05, 4.69) is 4.98 Å². The molecule has 4 nitrogen and oxygen atoms in total. The Bertz CT molecular complexity index is 721. The van der Waals surface area contributed by atoms with E-state index in [0.717, 1.165) is 23.4 Å². The van der Waals surface area contributed by atoms with Crippen molar-refractivity contribution in [1.29, 1.82) is 0 Å². The van der Waals surface area contributed by atoms with Crippen molar-refractivity contribution in [3.63, 3.8) is 0 Å². The molecule has 0 aliphatic carbocycles. The number of imidazole rings is 1. The van der Waals surface area contributed by atoms with Crippen molar-refractivity contribution in [3.8, 4) is 0 Å². The lowest BCUT2D eigenvalue weighted by Gasteiger charge is -2.06. The number of thioether (sulfide) groups is 1. The highest BCUT2D eigenvalue weighted by Gasteiger charge is 2.17. The second kappa shape index (κ2) is 6.26. The smallest absolute Gasteiger partial charge is 0.313 e. The molecular formula is C14H14F2N2O2S. The summed E-state index contributed by atoms with van der Waals surface area (Å²) in [5.41, 5.74) is 1.38. The van der Waals surface area contributed by atoms with E-state index in [-0.39, 0.29) is 11.3 Å². The number of hydrogen-bond donors (Lipinski definition) is 1. The van der Waals surface area contributed by atoms with E-state index in [4.69, 9.17) is 5.11 Å². The quantitative estimate of drug-likeness (QED) is 0.678. The number of halogens is 2. The number of allylic oxidation sites excluding steroid dienone is 2. The number of nitrogens with zero attached hydrogens (tertiary/aromatic N) is 2. The van der Waals surface area contributed by atoms with Crippen LogP contribution >= 0.6 is 11.8 Å². The minimum Gasteiger partial charge on any atom is -0.481 e. The van der Waals surface area contributed by atoms with Crippen LogP contribution in [0.15, 0.2) is 28.9 Å². The van der Waals surface area contributed by atoms with E-state index in [1.165, 1.54) is 10.6 Å². The monoisotopic (exact) mass is 312 g/mol. The molecule has 0 unspecified atom stereocenters. The highest BCUT2D eigenvalue weighted by molar-refractivity contribution is 7.99. The second-order valence-electron chi connectivity index (χ2n) is 4.70. The molecule has 0 amide bonds. The molecule has 1 heterocycles. The molecule has 0 fully saturated rings. The number of carbonyl (C=O) groups is 1. The fraction of sp³-hybridized carbons (Fsp3) is 0.286. The molecule has 112 valence electrons. The van der Waals surface area contributed by atoms with E-state index in [0.29, 0.717) is 17.2 Å². The van der Waals surface area contributed by atoms with Gasteiger partial charge in [0.1, 0.15) is 5.52 Å². The lowest BCUT2D eigenvalue weighted by Crippen LogP contribution is -2.03. The first-order chi connectivity index (χ1) is 9.90. The molecule has 0 saturated carbocycles. The first-order valence-corrected chi connectivity index (χ1v) is 7.21. The van der Waals surface area contributed by atoms with Crippen LogP contribution in [0.1, 0.15) is 13.8 Å². The fourth-order valence-corrected chi connectivity index (χ4v) is 2.55. The molecule has 0 aliphatic rings. The van der Waals surface area contributed by atoms with E-state index in [1.54, 1.807) is 0 Å². The van der Waals surface area contributed by atoms with Gasteiger partial charge in [-0.2, -0.15) is 0 Å². The molecule has 0 bridgehead atoms. The van der Waals surface area contributed by atoms with Crippen molar-refractivity contribution in [2.75, 3.05) is 5.75 Å². The Kier molecular flexibility index (Phi) is 4.62. The number of benzene rings is 1.